The van der Waals surface area contributed by atoms with E-state index in [4.69, 9.17) is 5.11 Å². The van der Waals surface area contributed by atoms with Gasteiger partial charge in [-0.1, -0.05) is 19.1 Å². The van der Waals surface area contributed by atoms with E-state index in [0.717, 1.165) is 21.3 Å². The molecule has 0 spiro atoms. The highest BCUT2D eigenvalue weighted by atomic mass is 32.1. The van der Waals surface area contributed by atoms with Gasteiger partial charge >= 0.3 is 6.09 Å². The van der Waals surface area contributed by atoms with Crippen molar-refractivity contribution in [1.29, 1.82) is 0 Å². The Morgan fingerprint density at radius 3 is 2.35 bits per heavy atom. The SMILES string of the molecule is CCCN(C(=O)O)C(=O)c1ccc(-c2csc(N(C)C)n2)cc1. The second-order valence-corrected chi connectivity index (χ2v) is 6.06. The topological polar surface area (TPSA) is 73.7 Å². The lowest BCUT2D eigenvalue weighted by Crippen LogP contribution is -2.36. The van der Waals surface area contributed by atoms with Crippen molar-refractivity contribution in [3.8, 4) is 11.3 Å². The number of carbonyl (C=O) groups excluding carboxylic acids is 1. The van der Waals surface area contributed by atoms with Crippen LogP contribution in [0.25, 0.3) is 11.3 Å². The zero-order valence-electron chi connectivity index (χ0n) is 13.3. The van der Waals surface area contributed by atoms with Gasteiger partial charge < -0.3 is 10.0 Å². The van der Waals surface area contributed by atoms with Crippen LogP contribution in [0, 0.1) is 0 Å². The smallest absolute Gasteiger partial charge is 0.414 e. The van der Waals surface area contributed by atoms with Crippen LogP contribution in [0.1, 0.15) is 23.7 Å². The molecule has 0 aliphatic rings. The van der Waals surface area contributed by atoms with Crippen LogP contribution in [0.4, 0.5) is 9.93 Å². The number of amides is 2. The van der Waals surface area contributed by atoms with E-state index in [2.05, 4.69) is 4.98 Å². The first kappa shape index (κ1) is 17.0. The average molecular weight is 333 g/mol. The number of aromatic nitrogens is 1. The minimum Gasteiger partial charge on any atom is -0.465 e. The van der Waals surface area contributed by atoms with Gasteiger partial charge in [0.2, 0.25) is 0 Å². The summed E-state index contributed by atoms with van der Waals surface area (Å²) in [6.07, 6.45) is -0.640. The van der Waals surface area contributed by atoms with E-state index in [1.165, 1.54) is 0 Å². The van der Waals surface area contributed by atoms with Gasteiger partial charge in [0, 0.05) is 37.1 Å². The van der Waals surface area contributed by atoms with Crippen molar-refractivity contribution < 1.29 is 14.7 Å². The number of carbonyl (C=O) groups is 2. The average Bonchev–Trinajstić information content (AvgIpc) is 3.02. The summed E-state index contributed by atoms with van der Waals surface area (Å²) in [6, 6.07) is 6.84. The Morgan fingerprint density at radius 2 is 1.87 bits per heavy atom. The number of hydrogen-bond acceptors (Lipinski definition) is 5. The fourth-order valence-corrected chi connectivity index (χ4v) is 2.82. The lowest BCUT2D eigenvalue weighted by atomic mass is 10.1. The number of carboxylic acid groups (broad SMARTS) is 1. The second-order valence-electron chi connectivity index (χ2n) is 5.23. The Kier molecular flexibility index (Phi) is 5.33. The van der Waals surface area contributed by atoms with Gasteiger partial charge in [-0.3, -0.25) is 4.79 Å². The van der Waals surface area contributed by atoms with Crippen LogP contribution in [0.2, 0.25) is 0 Å². The molecule has 2 aromatic rings. The van der Waals surface area contributed by atoms with Crippen LogP contribution in [-0.4, -0.2) is 47.6 Å². The van der Waals surface area contributed by atoms with E-state index in [1.54, 1.807) is 35.6 Å². The molecule has 0 aliphatic heterocycles. The van der Waals surface area contributed by atoms with Crippen molar-refractivity contribution in [2.75, 3.05) is 25.5 Å². The summed E-state index contributed by atoms with van der Waals surface area (Å²) in [5.74, 6) is -0.502. The first-order chi connectivity index (χ1) is 10.9. The zero-order valence-corrected chi connectivity index (χ0v) is 14.1. The maximum absolute atomic E-state index is 12.2. The summed E-state index contributed by atoms with van der Waals surface area (Å²) in [7, 11) is 3.86. The molecule has 1 aromatic heterocycles. The van der Waals surface area contributed by atoms with E-state index in [0.29, 0.717) is 12.0 Å². The summed E-state index contributed by atoms with van der Waals surface area (Å²) in [5.41, 5.74) is 2.08. The molecule has 122 valence electrons. The Morgan fingerprint density at radius 1 is 1.22 bits per heavy atom. The van der Waals surface area contributed by atoms with Crippen molar-refractivity contribution in [2.24, 2.45) is 0 Å². The molecule has 0 radical (unpaired) electrons. The van der Waals surface area contributed by atoms with E-state index >= 15 is 0 Å². The van der Waals surface area contributed by atoms with Crippen molar-refractivity contribution >= 4 is 28.5 Å². The molecule has 6 nitrogen and oxygen atoms in total. The highest BCUT2D eigenvalue weighted by molar-refractivity contribution is 7.14. The summed E-state index contributed by atoms with van der Waals surface area (Å²) in [6.45, 7) is 2.02. The third-order valence-corrected chi connectivity index (χ3v) is 4.23. The maximum Gasteiger partial charge on any atom is 0.414 e. The third-order valence-electron chi connectivity index (χ3n) is 3.23. The van der Waals surface area contributed by atoms with E-state index < -0.39 is 12.0 Å². The molecule has 1 N–H and O–H groups in total. The first-order valence-electron chi connectivity index (χ1n) is 7.22. The third kappa shape index (κ3) is 3.87. The van der Waals surface area contributed by atoms with Crippen molar-refractivity contribution in [2.45, 2.75) is 13.3 Å². The van der Waals surface area contributed by atoms with Crippen molar-refractivity contribution in [1.82, 2.24) is 9.88 Å². The molecule has 23 heavy (non-hydrogen) atoms. The molecule has 1 heterocycles. The molecule has 0 saturated carbocycles. The van der Waals surface area contributed by atoms with Crippen LogP contribution in [0.15, 0.2) is 29.6 Å². The fourth-order valence-electron chi connectivity index (χ4n) is 2.05. The van der Waals surface area contributed by atoms with E-state index in [1.807, 2.05) is 31.3 Å². The van der Waals surface area contributed by atoms with E-state index in [-0.39, 0.29) is 6.54 Å². The highest BCUT2D eigenvalue weighted by Crippen LogP contribution is 2.26. The zero-order chi connectivity index (χ0) is 17.0. The maximum atomic E-state index is 12.2. The predicted octanol–water partition coefficient (Wildman–Crippen LogP) is 3.41. The molecule has 2 rings (SSSR count). The van der Waals surface area contributed by atoms with Gasteiger partial charge in [0.15, 0.2) is 5.13 Å². The lowest BCUT2D eigenvalue weighted by Gasteiger charge is -2.16. The van der Waals surface area contributed by atoms with Gasteiger partial charge in [0.05, 0.1) is 5.69 Å². The molecule has 0 bridgehead atoms. The standard InChI is InChI=1S/C16H19N3O3S/c1-4-9-19(16(21)22)14(20)12-7-5-11(6-8-12)13-10-23-15(17-13)18(2)3/h5-8,10H,4,9H2,1-3H3,(H,21,22). The Hall–Kier alpha value is -2.41. The Labute approximate surface area is 139 Å². The summed E-state index contributed by atoms with van der Waals surface area (Å²) < 4.78 is 0. The van der Waals surface area contributed by atoms with E-state index in [9.17, 15) is 9.59 Å². The van der Waals surface area contributed by atoms with Gasteiger partial charge in [-0.05, 0) is 18.6 Å². The molecular formula is C16H19N3O3S. The molecule has 0 atom stereocenters. The van der Waals surface area contributed by atoms with Crippen LogP contribution in [-0.2, 0) is 0 Å². The molecule has 2 amide bonds. The number of hydrogen-bond donors (Lipinski definition) is 1. The van der Waals surface area contributed by atoms with Crippen LogP contribution in [0.3, 0.4) is 0 Å². The largest absolute Gasteiger partial charge is 0.465 e. The van der Waals surface area contributed by atoms with Gasteiger partial charge in [-0.2, -0.15) is 0 Å². The normalized spacial score (nSPS) is 10.4. The van der Waals surface area contributed by atoms with Gasteiger partial charge in [0.25, 0.3) is 5.91 Å². The number of rotatable bonds is 5. The van der Waals surface area contributed by atoms with Gasteiger partial charge in [-0.15, -0.1) is 11.3 Å². The fraction of sp³-hybridized carbons (Fsp3) is 0.312. The lowest BCUT2D eigenvalue weighted by molar-refractivity contribution is 0.0742. The van der Waals surface area contributed by atoms with Gasteiger partial charge in [0.1, 0.15) is 0 Å². The molecule has 7 heteroatoms. The predicted molar refractivity (Wildman–Crippen MR) is 91.2 cm³/mol. The molecular weight excluding hydrogens is 314 g/mol. The Balaban J connectivity index is 2.21. The number of anilines is 1. The molecule has 0 aliphatic carbocycles. The summed E-state index contributed by atoms with van der Waals surface area (Å²) in [5, 5.41) is 12.0. The summed E-state index contributed by atoms with van der Waals surface area (Å²) in [4.78, 5) is 30.7. The minimum atomic E-state index is -1.23. The summed E-state index contributed by atoms with van der Waals surface area (Å²) >= 11 is 1.54. The van der Waals surface area contributed by atoms with Crippen LogP contribution in [0.5, 0.6) is 0 Å². The monoisotopic (exact) mass is 333 g/mol. The molecule has 0 unspecified atom stereocenters. The van der Waals surface area contributed by atoms with Gasteiger partial charge in [-0.25, -0.2) is 14.7 Å². The quantitative estimate of drug-likeness (QED) is 0.907. The van der Waals surface area contributed by atoms with Crippen LogP contribution < -0.4 is 4.90 Å². The second kappa shape index (κ2) is 7.23. The Bertz CT molecular complexity index is 695. The van der Waals surface area contributed by atoms with Crippen LogP contribution >= 0.6 is 11.3 Å². The van der Waals surface area contributed by atoms with Crippen molar-refractivity contribution in [3.05, 3.63) is 35.2 Å². The molecule has 0 saturated heterocycles. The molecule has 0 fully saturated rings. The molecule has 1 aromatic carbocycles. The number of benzene rings is 1. The number of nitrogens with zero attached hydrogens (tertiary/aromatic N) is 3. The highest BCUT2D eigenvalue weighted by Gasteiger charge is 2.21. The number of thiazole rings is 1. The number of imide groups is 1. The first-order valence-corrected chi connectivity index (χ1v) is 8.10. The van der Waals surface area contributed by atoms with Crippen molar-refractivity contribution in [3.63, 3.8) is 0 Å². The minimum absolute atomic E-state index is 0.189.